The third-order valence-corrected chi connectivity index (χ3v) is 3.26. The lowest BCUT2D eigenvalue weighted by Gasteiger charge is -2.06. The summed E-state index contributed by atoms with van der Waals surface area (Å²) in [5, 5.41) is 0.575. The SMILES string of the molecule is Cc1nc(N)nc(-c2ccc(SC(C)C)cc2)n1. The molecule has 0 saturated heterocycles. The van der Waals surface area contributed by atoms with Crippen LogP contribution in [0, 0.1) is 6.92 Å². The summed E-state index contributed by atoms with van der Waals surface area (Å²) in [6.07, 6.45) is 0. The van der Waals surface area contributed by atoms with Crippen molar-refractivity contribution in [1.82, 2.24) is 15.0 Å². The van der Waals surface area contributed by atoms with Gasteiger partial charge in [-0.05, 0) is 19.1 Å². The van der Waals surface area contributed by atoms with Crippen LogP contribution in [-0.2, 0) is 0 Å². The van der Waals surface area contributed by atoms with Crippen LogP contribution in [0.2, 0.25) is 0 Å². The minimum Gasteiger partial charge on any atom is -0.368 e. The Balaban J connectivity index is 2.28. The van der Waals surface area contributed by atoms with E-state index in [2.05, 4.69) is 40.9 Å². The molecule has 0 spiro atoms. The molecule has 0 atom stereocenters. The van der Waals surface area contributed by atoms with Crippen LogP contribution < -0.4 is 5.73 Å². The van der Waals surface area contributed by atoms with Gasteiger partial charge < -0.3 is 5.73 Å². The summed E-state index contributed by atoms with van der Waals surface area (Å²) in [5.74, 6) is 1.53. The van der Waals surface area contributed by atoms with Crippen LogP contribution in [0.15, 0.2) is 29.2 Å². The van der Waals surface area contributed by atoms with Gasteiger partial charge in [-0.25, -0.2) is 4.98 Å². The zero-order valence-electron chi connectivity index (χ0n) is 10.7. The van der Waals surface area contributed by atoms with Gasteiger partial charge in [-0.2, -0.15) is 9.97 Å². The number of hydrogen-bond acceptors (Lipinski definition) is 5. The highest BCUT2D eigenvalue weighted by molar-refractivity contribution is 7.99. The number of nitrogen functional groups attached to an aromatic ring is 1. The molecule has 4 nitrogen and oxygen atoms in total. The van der Waals surface area contributed by atoms with Crippen LogP contribution >= 0.6 is 11.8 Å². The maximum absolute atomic E-state index is 5.63. The fourth-order valence-corrected chi connectivity index (χ4v) is 2.42. The number of thioether (sulfide) groups is 1. The van der Waals surface area contributed by atoms with E-state index in [1.807, 2.05) is 30.8 Å². The Hall–Kier alpha value is -1.62. The topological polar surface area (TPSA) is 64.7 Å². The van der Waals surface area contributed by atoms with Crippen molar-refractivity contribution >= 4 is 17.7 Å². The Labute approximate surface area is 111 Å². The monoisotopic (exact) mass is 260 g/mol. The molecule has 0 unspecified atom stereocenters. The molecule has 0 fully saturated rings. The second-order valence-electron chi connectivity index (χ2n) is 4.26. The first-order valence-corrected chi connectivity index (χ1v) is 6.68. The van der Waals surface area contributed by atoms with Gasteiger partial charge in [0.25, 0.3) is 0 Å². The Kier molecular flexibility index (Phi) is 3.81. The second-order valence-corrected chi connectivity index (χ2v) is 5.91. The molecule has 0 aliphatic rings. The zero-order valence-corrected chi connectivity index (χ0v) is 11.5. The lowest BCUT2D eigenvalue weighted by Crippen LogP contribution is -2.01. The summed E-state index contributed by atoms with van der Waals surface area (Å²) in [4.78, 5) is 13.6. The minimum absolute atomic E-state index is 0.262. The van der Waals surface area contributed by atoms with E-state index in [4.69, 9.17) is 5.73 Å². The average molecular weight is 260 g/mol. The molecule has 2 N–H and O–H groups in total. The fraction of sp³-hybridized carbons (Fsp3) is 0.308. The molecular formula is C13H16N4S. The third kappa shape index (κ3) is 3.20. The van der Waals surface area contributed by atoms with Crippen LogP contribution in [0.3, 0.4) is 0 Å². The van der Waals surface area contributed by atoms with Crippen molar-refractivity contribution < 1.29 is 0 Å². The van der Waals surface area contributed by atoms with Crippen LogP contribution in [0.5, 0.6) is 0 Å². The van der Waals surface area contributed by atoms with Gasteiger partial charge in [-0.3, -0.25) is 0 Å². The number of rotatable bonds is 3. The summed E-state index contributed by atoms with van der Waals surface area (Å²) in [6.45, 7) is 6.16. The molecule has 0 radical (unpaired) electrons. The van der Waals surface area contributed by atoms with Crippen LogP contribution in [0.4, 0.5) is 5.95 Å². The maximum atomic E-state index is 5.63. The van der Waals surface area contributed by atoms with Gasteiger partial charge in [-0.1, -0.05) is 26.0 Å². The van der Waals surface area contributed by atoms with Crippen molar-refractivity contribution in [2.45, 2.75) is 30.9 Å². The number of benzene rings is 1. The number of aromatic nitrogens is 3. The molecule has 5 heteroatoms. The largest absolute Gasteiger partial charge is 0.368 e. The molecule has 0 saturated carbocycles. The third-order valence-electron chi connectivity index (χ3n) is 2.25. The molecule has 94 valence electrons. The van der Waals surface area contributed by atoms with Gasteiger partial charge in [-0.15, -0.1) is 11.8 Å². The van der Waals surface area contributed by atoms with Gasteiger partial charge in [0, 0.05) is 15.7 Å². The minimum atomic E-state index is 0.262. The van der Waals surface area contributed by atoms with Gasteiger partial charge >= 0.3 is 0 Å². The first kappa shape index (κ1) is 12.8. The van der Waals surface area contributed by atoms with E-state index in [-0.39, 0.29) is 5.95 Å². The summed E-state index contributed by atoms with van der Waals surface area (Å²) < 4.78 is 0. The van der Waals surface area contributed by atoms with E-state index in [1.165, 1.54) is 4.90 Å². The molecule has 2 aromatic rings. The first-order valence-electron chi connectivity index (χ1n) is 5.80. The van der Waals surface area contributed by atoms with Gasteiger partial charge in [0.2, 0.25) is 5.95 Å². The second kappa shape index (κ2) is 5.35. The number of anilines is 1. The van der Waals surface area contributed by atoms with Gasteiger partial charge in [0.1, 0.15) is 5.82 Å². The molecule has 1 aromatic carbocycles. The summed E-state index contributed by atoms with van der Waals surface area (Å²) in [7, 11) is 0. The van der Waals surface area contributed by atoms with Crippen molar-refractivity contribution in [3.63, 3.8) is 0 Å². The quantitative estimate of drug-likeness (QED) is 0.860. The van der Waals surface area contributed by atoms with E-state index >= 15 is 0 Å². The van der Waals surface area contributed by atoms with Crippen LogP contribution in [0.25, 0.3) is 11.4 Å². The van der Waals surface area contributed by atoms with E-state index < -0.39 is 0 Å². The maximum Gasteiger partial charge on any atom is 0.223 e. The van der Waals surface area contributed by atoms with Crippen molar-refractivity contribution in [2.24, 2.45) is 0 Å². The van der Waals surface area contributed by atoms with E-state index in [0.29, 0.717) is 16.9 Å². The van der Waals surface area contributed by atoms with Crippen molar-refractivity contribution in [1.29, 1.82) is 0 Å². The Morgan fingerprint density at radius 2 is 1.72 bits per heavy atom. The molecule has 0 amide bonds. The summed E-state index contributed by atoms with van der Waals surface area (Å²) in [6, 6.07) is 8.18. The Morgan fingerprint density at radius 3 is 2.28 bits per heavy atom. The molecule has 18 heavy (non-hydrogen) atoms. The molecule has 0 aliphatic heterocycles. The van der Waals surface area contributed by atoms with Gasteiger partial charge in [0.05, 0.1) is 0 Å². The van der Waals surface area contributed by atoms with Crippen LogP contribution in [0.1, 0.15) is 19.7 Å². The fourth-order valence-electron chi connectivity index (χ4n) is 1.59. The molecule has 0 bridgehead atoms. The zero-order chi connectivity index (χ0) is 13.1. The van der Waals surface area contributed by atoms with Crippen LogP contribution in [-0.4, -0.2) is 20.2 Å². The summed E-state index contributed by atoms with van der Waals surface area (Å²) in [5.41, 5.74) is 6.58. The lowest BCUT2D eigenvalue weighted by atomic mass is 10.2. The highest BCUT2D eigenvalue weighted by Gasteiger charge is 2.05. The average Bonchev–Trinajstić information content (AvgIpc) is 2.27. The smallest absolute Gasteiger partial charge is 0.223 e. The van der Waals surface area contributed by atoms with Crippen molar-refractivity contribution in [3.8, 4) is 11.4 Å². The number of hydrogen-bond donors (Lipinski definition) is 1. The van der Waals surface area contributed by atoms with Gasteiger partial charge in [0.15, 0.2) is 5.82 Å². The molecule has 2 rings (SSSR count). The molecule has 1 heterocycles. The Bertz CT molecular complexity index is 517. The predicted molar refractivity (Wildman–Crippen MR) is 75.4 cm³/mol. The Morgan fingerprint density at radius 1 is 1.06 bits per heavy atom. The lowest BCUT2D eigenvalue weighted by molar-refractivity contribution is 0.996. The van der Waals surface area contributed by atoms with E-state index in [9.17, 15) is 0 Å². The molecule has 0 aliphatic carbocycles. The summed E-state index contributed by atoms with van der Waals surface area (Å²) >= 11 is 1.83. The first-order chi connectivity index (χ1) is 8.54. The van der Waals surface area contributed by atoms with Crippen molar-refractivity contribution in [2.75, 3.05) is 5.73 Å². The van der Waals surface area contributed by atoms with Crippen molar-refractivity contribution in [3.05, 3.63) is 30.1 Å². The standard InChI is InChI=1S/C13H16N4S/c1-8(2)18-11-6-4-10(5-7-11)12-15-9(3)16-13(14)17-12/h4-8H,1-3H3,(H2,14,15,16,17). The molecule has 1 aromatic heterocycles. The predicted octanol–water partition coefficient (Wildman–Crippen LogP) is 2.93. The number of nitrogens with zero attached hydrogens (tertiary/aromatic N) is 3. The van der Waals surface area contributed by atoms with E-state index in [1.54, 1.807) is 0 Å². The number of nitrogens with two attached hydrogens (primary N) is 1. The highest BCUT2D eigenvalue weighted by Crippen LogP contribution is 2.25. The normalized spacial score (nSPS) is 10.9. The highest BCUT2D eigenvalue weighted by atomic mass is 32.2. The molecular weight excluding hydrogens is 244 g/mol. The van der Waals surface area contributed by atoms with E-state index in [0.717, 1.165) is 5.56 Å². The number of aryl methyl sites for hydroxylation is 1.